The van der Waals surface area contributed by atoms with Gasteiger partial charge in [0.05, 0.1) is 0 Å². The summed E-state index contributed by atoms with van der Waals surface area (Å²) in [5, 5.41) is 12.3. The lowest BCUT2D eigenvalue weighted by molar-refractivity contribution is 0.176. The van der Waals surface area contributed by atoms with Crippen molar-refractivity contribution in [3.8, 4) is 0 Å². The number of nitrogens with one attached hydrogen (secondary N) is 1. The topological polar surface area (TPSA) is 35.5 Å². The molecule has 1 saturated heterocycles. The summed E-state index contributed by atoms with van der Waals surface area (Å²) in [6, 6.07) is 0.617. The van der Waals surface area contributed by atoms with Crippen molar-refractivity contribution in [1.82, 2.24) is 10.2 Å². The summed E-state index contributed by atoms with van der Waals surface area (Å²) < 4.78 is 0. The Morgan fingerprint density at radius 2 is 1.88 bits per heavy atom. The van der Waals surface area contributed by atoms with Crippen molar-refractivity contribution in [3.63, 3.8) is 0 Å². The highest BCUT2D eigenvalue weighted by molar-refractivity contribution is 4.74. The molecule has 0 unspecified atom stereocenters. The predicted molar refractivity (Wildman–Crippen MR) is 73.2 cm³/mol. The van der Waals surface area contributed by atoms with Crippen molar-refractivity contribution >= 4 is 0 Å². The fourth-order valence-corrected chi connectivity index (χ4v) is 2.44. The van der Waals surface area contributed by atoms with Gasteiger partial charge in [0.1, 0.15) is 0 Å². The largest absolute Gasteiger partial charge is 0.396 e. The van der Waals surface area contributed by atoms with E-state index < -0.39 is 0 Å². The molecule has 1 rings (SSSR count). The first-order valence-corrected chi connectivity index (χ1v) is 7.29. The molecule has 1 aliphatic rings. The number of hydrogen-bond acceptors (Lipinski definition) is 3. The maximum Gasteiger partial charge on any atom is 0.0431 e. The first-order valence-electron chi connectivity index (χ1n) is 7.29. The van der Waals surface area contributed by atoms with Crippen molar-refractivity contribution < 1.29 is 5.11 Å². The predicted octanol–water partition coefficient (Wildman–Crippen LogP) is 1.86. The lowest BCUT2D eigenvalue weighted by Crippen LogP contribution is -2.39. The van der Waals surface area contributed by atoms with E-state index in [1.165, 1.54) is 51.9 Å². The molecule has 1 heterocycles. The standard InChI is InChI=1S/C14H30N2O/c1-13(2)15-12-14-6-9-16(10-7-14)8-4-3-5-11-17/h13-15,17H,3-12H2,1-2H3. The van der Waals surface area contributed by atoms with E-state index in [0.717, 1.165) is 12.3 Å². The van der Waals surface area contributed by atoms with E-state index in [9.17, 15) is 0 Å². The first-order chi connectivity index (χ1) is 8.22. The number of likely N-dealkylation sites (tertiary alicyclic amines) is 1. The summed E-state index contributed by atoms with van der Waals surface area (Å²) in [6.45, 7) is 9.74. The van der Waals surface area contributed by atoms with Crippen molar-refractivity contribution in [1.29, 1.82) is 0 Å². The van der Waals surface area contributed by atoms with Crippen LogP contribution in [0.2, 0.25) is 0 Å². The monoisotopic (exact) mass is 242 g/mol. The third-order valence-corrected chi connectivity index (χ3v) is 3.65. The average molecular weight is 242 g/mol. The van der Waals surface area contributed by atoms with Crippen LogP contribution < -0.4 is 5.32 Å². The molecule has 0 spiro atoms. The second-order valence-corrected chi connectivity index (χ2v) is 5.63. The van der Waals surface area contributed by atoms with Crippen molar-refractivity contribution in [3.05, 3.63) is 0 Å². The van der Waals surface area contributed by atoms with Gasteiger partial charge in [-0.1, -0.05) is 13.8 Å². The van der Waals surface area contributed by atoms with Crippen molar-refractivity contribution in [2.45, 2.75) is 52.0 Å². The zero-order valence-electron chi connectivity index (χ0n) is 11.6. The fourth-order valence-electron chi connectivity index (χ4n) is 2.44. The van der Waals surface area contributed by atoms with Gasteiger partial charge in [-0.2, -0.15) is 0 Å². The van der Waals surface area contributed by atoms with Gasteiger partial charge in [-0.15, -0.1) is 0 Å². The van der Waals surface area contributed by atoms with E-state index in [2.05, 4.69) is 24.1 Å². The van der Waals surface area contributed by atoms with Gasteiger partial charge >= 0.3 is 0 Å². The number of aliphatic hydroxyl groups is 1. The average Bonchev–Trinajstić information content (AvgIpc) is 2.33. The zero-order valence-corrected chi connectivity index (χ0v) is 11.6. The number of piperidine rings is 1. The quantitative estimate of drug-likeness (QED) is 0.638. The lowest BCUT2D eigenvalue weighted by atomic mass is 9.96. The van der Waals surface area contributed by atoms with Crippen LogP contribution in [-0.4, -0.2) is 48.8 Å². The van der Waals surface area contributed by atoms with Crippen LogP contribution in [0, 0.1) is 5.92 Å². The van der Waals surface area contributed by atoms with Crippen LogP contribution in [0.5, 0.6) is 0 Å². The van der Waals surface area contributed by atoms with Gasteiger partial charge in [-0.25, -0.2) is 0 Å². The first kappa shape index (κ1) is 14.9. The lowest BCUT2D eigenvalue weighted by Gasteiger charge is -2.32. The molecule has 102 valence electrons. The van der Waals surface area contributed by atoms with Crippen LogP contribution in [0.15, 0.2) is 0 Å². The minimum Gasteiger partial charge on any atom is -0.396 e. The summed E-state index contributed by atoms with van der Waals surface area (Å²) in [4.78, 5) is 2.59. The molecule has 17 heavy (non-hydrogen) atoms. The third-order valence-electron chi connectivity index (χ3n) is 3.65. The molecule has 0 bridgehead atoms. The van der Waals surface area contributed by atoms with E-state index in [1.54, 1.807) is 0 Å². The SMILES string of the molecule is CC(C)NCC1CCN(CCCCCO)CC1. The molecule has 3 nitrogen and oxygen atoms in total. The summed E-state index contributed by atoms with van der Waals surface area (Å²) in [5.74, 6) is 0.881. The molecule has 0 aromatic carbocycles. The van der Waals surface area contributed by atoms with Crippen LogP contribution >= 0.6 is 0 Å². The van der Waals surface area contributed by atoms with Crippen LogP contribution in [0.4, 0.5) is 0 Å². The van der Waals surface area contributed by atoms with E-state index in [4.69, 9.17) is 5.11 Å². The highest BCUT2D eigenvalue weighted by Gasteiger charge is 2.18. The Kier molecular flexibility index (Phi) is 7.82. The zero-order chi connectivity index (χ0) is 12.5. The molecule has 1 fully saturated rings. The van der Waals surface area contributed by atoms with E-state index in [1.807, 2.05) is 0 Å². The molecule has 2 N–H and O–H groups in total. The summed E-state index contributed by atoms with van der Waals surface area (Å²) in [5.41, 5.74) is 0. The van der Waals surface area contributed by atoms with E-state index in [-0.39, 0.29) is 0 Å². The minimum atomic E-state index is 0.350. The number of rotatable bonds is 8. The Bertz CT molecular complexity index is 177. The van der Waals surface area contributed by atoms with Crippen molar-refractivity contribution in [2.75, 3.05) is 32.8 Å². The number of unbranched alkanes of at least 4 members (excludes halogenated alkanes) is 2. The molecule has 0 aromatic heterocycles. The van der Waals surface area contributed by atoms with Gasteiger partial charge in [0.15, 0.2) is 0 Å². The second kappa shape index (κ2) is 8.90. The molecule has 0 amide bonds. The molecule has 3 heteroatoms. The smallest absolute Gasteiger partial charge is 0.0431 e. The Morgan fingerprint density at radius 3 is 2.47 bits per heavy atom. The Labute approximate surface area is 107 Å². The third kappa shape index (κ3) is 7.02. The number of aliphatic hydroxyl groups excluding tert-OH is 1. The van der Waals surface area contributed by atoms with Gasteiger partial charge in [0, 0.05) is 12.6 Å². The van der Waals surface area contributed by atoms with Crippen LogP contribution in [0.25, 0.3) is 0 Å². The molecule has 1 aliphatic heterocycles. The molecule has 0 aliphatic carbocycles. The molecular weight excluding hydrogens is 212 g/mol. The molecule has 0 saturated carbocycles. The fraction of sp³-hybridized carbons (Fsp3) is 1.00. The Hall–Kier alpha value is -0.120. The molecule has 0 aromatic rings. The highest BCUT2D eigenvalue weighted by Crippen LogP contribution is 2.17. The van der Waals surface area contributed by atoms with Gasteiger partial charge in [-0.05, 0) is 64.2 Å². The second-order valence-electron chi connectivity index (χ2n) is 5.63. The molecule has 0 radical (unpaired) electrons. The van der Waals surface area contributed by atoms with Gasteiger partial charge in [-0.3, -0.25) is 0 Å². The minimum absolute atomic E-state index is 0.350. The highest BCUT2D eigenvalue weighted by atomic mass is 16.2. The summed E-state index contributed by atoms with van der Waals surface area (Å²) in [7, 11) is 0. The summed E-state index contributed by atoms with van der Waals surface area (Å²) in [6.07, 6.45) is 6.08. The normalized spacial score (nSPS) is 19.1. The van der Waals surface area contributed by atoms with Gasteiger partial charge in [0.25, 0.3) is 0 Å². The maximum absolute atomic E-state index is 8.72. The number of hydrogen-bond donors (Lipinski definition) is 2. The number of nitrogens with zero attached hydrogens (tertiary/aromatic N) is 1. The molecule has 0 atom stereocenters. The van der Waals surface area contributed by atoms with Gasteiger partial charge in [0.2, 0.25) is 0 Å². The van der Waals surface area contributed by atoms with Gasteiger partial charge < -0.3 is 15.3 Å². The summed E-state index contributed by atoms with van der Waals surface area (Å²) >= 11 is 0. The Balaban J connectivity index is 2.01. The maximum atomic E-state index is 8.72. The molecular formula is C14H30N2O. The van der Waals surface area contributed by atoms with E-state index >= 15 is 0 Å². The van der Waals surface area contributed by atoms with Crippen molar-refractivity contribution in [2.24, 2.45) is 5.92 Å². The van der Waals surface area contributed by atoms with Crippen LogP contribution in [0.3, 0.4) is 0 Å². The van der Waals surface area contributed by atoms with E-state index in [0.29, 0.717) is 12.6 Å². The van der Waals surface area contributed by atoms with Crippen LogP contribution in [0.1, 0.15) is 46.0 Å². The Morgan fingerprint density at radius 1 is 1.18 bits per heavy atom. The van der Waals surface area contributed by atoms with Crippen LogP contribution in [-0.2, 0) is 0 Å².